The zero-order chi connectivity index (χ0) is 11.4. The molecule has 0 bridgehead atoms. The maximum absolute atomic E-state index is 11.9. The van der Waals surface area contributed by atoms with E-state index in [1.54, 1.807) is 0 Å². The number of hydrogen-bond acceptors (Lipinski definition) is 1. The predicted molar refractivity (Wildman–Crippen MR) is 66.9 cm³/mol. The normalized spacial score (nSPS) is 15.7. The van der Waals surface area contributed by atoms with Crippen LogP contribution in [0.3, 0.4) is 0 Å². The van der Waals surface area contributed by atoms with Crippen LogP contribution in [0.1, 0.15) is 60.5 Å². The first-order valence-electron chi connectivity index (χ1n) is 6.46. The highest BCUT2D eigenvalue weighted by atomic mass is 16.1. The molecule has 0 unspecified atom stereocenters. The van der Waals surface area contributed by atoms with Gasteiger partial charge in [-0.1, -0.05) is 25.5 Å². The van der Waals surface area contributed by atoms with Gasteiger partial charge in [0.05, 0.1) is 0 Å². The zero-order valence-electron chi connectivity index (χ0n) is 10.1. The minimum absolute atomic E-state index is 0.353. The van der Waals surface area contributed by atoms with E-state index >= 15 is 0 Å². The molecule has 0 atom stereocenters. The van der Waals surface area contributed by atoms with Gasteiger partial charge in [-0.3, -0.25) is 4.79 Å². The topological polar surface area (TPSA) is 17.1 Å². The lowest BCUT2D eigenvalue weighted by molar-refractivity contribution is 0.0982. The molecule has 0 fully saturated rings. The Hall–Kier alpha value is -1.11. The fourth-order valence-electron chi connectivity index (χ4n) is 2.37. The summed E-state index contributed by atoms with van der Waals surface area (Å²) in [6.45, 7) is 2.20. The van der Waals surface area contributed by atoms with Crippen LogP contribution in [0.2, 0.25) is 0 Å². The van der Waals surface area contributed by atoms with E-state index in [9.17, 15) is 4.79 Å². The Labute approximate surface area is 97.9 Å². The lowest BCUT2D eigenvalue weighted by Gasteiger charge is -2.07. The molecule has 0 saturated heterocycles. The van der Waals surface area contributed by atoms with E-state index in [0.29, 0.717) is 5.78 Å². The highest BCUT2D eigenvalue weighted by Gasteiger charge is 2.15. The summed E-state index contributed by atoms with van der Waals surface area (Å²) in [7, 11) is 0. The quantitative estimate of drug-likeness (QED) is 0.699. The number of carbonyl (C=O) groups is 1. The molecular weight excluding hydrogens is 196 g/mol. The van der Waals surface area contributed by atoms with Crippen molar-refractivity contribution in [2.24, 2.45) is 0 Å². The number of aryl methyl sites for hydroxylation is 2. The van der Waals surface area contributed by atoms with Crippen molar-refractivity contribution >= 4 is 5.78 Å². The van der Waals surface area contributed by atoms with Crippen LogP contribution < -0.4 is 0 Å². The molecule has 86 valence electrons. The van der Waals surface area contributed by atoms with Gasteiger partial charge >= 0.3 is 0 Å². The number of rotatable bonds is 3. The molecule has 0 spiro atoms. The van der Waals surface area contributed by atoms with Crippen LogP contribution in [0.25, 0.3) is 0 Å². The number of ketones is 1. The summed E-state index contributed by atoms with van der Waals surface area (Å²) in [6, 6.07) is 6.51. The second-order valence-corrected chi connectivity index (χ2v) is 4.73. The Morgan fingerprint density at radius 3 is 2.81 bits per heavy atom. The molecule has 1 aromatic rings. The monoisotopic (exact) mass is 216 g/mol. The van der Waals surface area contributed by atoms with Crippen molar-refractivity contribution in [2.75, 3.05) is 0 Å². The average Bonchev–Trinajstić information content (AvgIpc) is 2.49. The van der Waals surface area contributed by atoms with Gasteiger partial charge in [0.1, 0.15) is 0 Å². The third-order valence-corrected chi connectivity index (χ3v) is 3.39. The molecule has 0 aliphatic heterocycles. The van der Waals surface area contributed by atoms with Gasteiger partial charge in [-0.25, -0.2) is 0 Å². The van der Waals surface area contributed by atoms with Gasteiger partial charge in [-0.05, 0) is 49.3 Å². The summed E-state index contributed by atoms with van der Waals surface area (Å²) in [5.41, 5.74) is 3.60. The first kappa shape index (κ1) is 11.4. The molecule has 0 heterocycles. The highest BCUT2D eigenvalue weighted by molar-refractivity contribution is 5.97. The minimum atomic E-state index is 0.353. The SMILES string of the molecule is CCCCc1ccc2c(c1)C(=O)CCCC2. The Bertz CT molecular complexity index is 379. The van der Waals surface area contributed by atoms with Crippen molar-refractivity contribution in [1.82, 2.24) is 0 Å². The van der Waals surface area contributed by atoms with E-state index in [1.165, 1.54) is 24.0 Å². The number of benzene rings is 1. The maximum Gasteiger partial charge on any atom is 0.163 e. The Morgan fingerprint density at radius 1 is 1.19 bits per heavy atom. The first-order valence-corrected chi connectivity index (χ1v) is 6.46. The maximum atomic E-state index is 11.9. The third-order valence-electron chi connectivity index (χ3n) is 3.39. The highest BCUT2D eigenvalue weighted by Crippen LogP contribution is 2.22. The number of unbranched alkanes of at least 4 members (excludes halogenated alkanes) is 1. The van der Waals surface area contributed by atoms with E-state index in [2.05, 4.69) is 25.1 Å². The molecule has 0 saturated carbocycles. The molecule has 1 nitrogen and oxygen atoms in total. The minimum Gasteiger partial charge on any atom is -0.294 e. The Morgan fingerprint density at radius 2 is 2.00 bits per heavy atom. The van der Waals surface area contributed by atoms with Crippen LogP contribution in [-0.4, -0.2) is 5.78 Å². The van der Waals surface area contributed by atoms with E-state index in [-0.39, 0.29) is 0 Å². The molecule has 0 radical (unpaired) electrons. The zero-order valence-corrected chi connectivity index (χ0v) is 10.1. The van der Waals surface area contributed by atoms with Gasteiger partial charge in [-0.2, -0.15) is 0 Å². The van der Waals surface area contributed by atoms with E-state index < -0.39 is 0 Å². The number of fused-ring (bicyclic) bond motifs is 1. The molecule has 2 rings (SSSR count). The van der Waals surface area contributed by atoms with E-state index in [4.69, 9.17) is 0 Å². The first-order chi connectivity index (χ1) is 7.81. The van der Waals surface area contributed by atoms with Gasteiger partial charge < -0.3 is 0 Å². The Balaban J connectivity index is 2.24. The van der Waals surface area contributed by atoms with Crippen LogP contribution in [-0.2, 0) is 12.8 Å². The van der Waals surface area contributed by atoms with Crippen molar-refractivity contribution in [3.63, 3.8) is 0 Å². The van der Waals surface area contributed by atoms with Crippen molar-refractivity contribution < 1.29 is 4.79 Å². The number of carbonyl (C=O) groups excluding carboxylic acids is 1. The van der Waals surface area contributed by atoms with Gasteiger partial charge in [0.2, 0.25) is 0 Å². The van der Waals surface area contributed by atoms with Crippen LogP contribution in [0, 0.1) is 0 Å². The van der Waals surface area contributed by atoms with Crippen molar-refractivity contribution in [2.45, 2.75) is 51.9 Å². The summed E-state index contributed by atoms with van der Waals surface area (Å²) in [6.07, 6.45) is 7.57. The van der Waals surface area contributed by atoms with Gasteiger partial charge in [0.25, 0.3) is 0 Å². The molecule has 16 heavy (non-hydrogen) atoms. The standard InChI is InChI=1S/C15H20O/c1-2-3-6-12-9-10-13-7-4-5-8-15(16)14(13)11-12/h9-11H,2-8H2,1H3. The molecule has 0 N–H and O–H groups in total. The van der Waals surface area contributed by atoms with Crippen LogP contribution in [0.5, 0.6) is 0 Å². The lowest BCUT2D eigenvalue weighted by Crippen LogP contribution is -2.01. The summed E-state index contributed by atoms with van der Waals surface area (Å²) < 4.78 is 0. The van der Waals surface area contributed by atoms with Gasteiger partial charge in [-0.15, -0.1) is 0 Å². The third kappa shape index (κ3) is 2.52. The molecule has 0 aromatic heterocycles. The van der Waals surface area contributed by atoms with E-state index in [1.807, 2.05) is 0 Å². The average molecular weight is 216 g/mol. The fraction of sp³-hybridized carbons (Fsp3) is 0.533. The lowest BCUT2D eigenvalue weighted by atomic mass is 9.97. The van der Waals surface area contributed by atoms with Crippen molar-refractivity contribution in [3.05, 3.63) is 34.9 Å². The molecule has 1 aromatic carbocycles. The fourth-order valence-corrected chi connectivity index (χ4v) is 2.37. The van der Waals surface area contributed by atoms with Crippen LogP contribution in [0.15, 0.2) is 18.2 Å². The van der Waals surface area contributed by atoms with Crippen molar-refractivity contribution in [1.29, 1.82) is 0 Å². The summed E-state index contributed by atoms with van der Waals surface area (Å²) in [4.78, 5) is 11.9. The molecule has 1 heteroatoms. The summed E-state index contributed by atoms with van der Waals surface area (Å²) >= 11 is 0. The second-order valence-electron chi connectivity index (χ2n) is 4.73. The number of Topliss-reactive ketones (excluding diaryl/α,β-unsaturated/α-hetero) is 1. The van der Waals surface area contributed by atoms with Gasteiger partial charge in [0.15, 0.2) is 5.78 Å². The smallest absolute Gasteiger partial charge is 0.163 e. The van der Waals surface area contributed by atoms with Crippen LogP contribution >= 0.6 is 0 Å². The van der Waals surface area contributed by atoms with Crippen LogP contribution in [0.4, 0.5) is 0 Å². The predicted octanol–water partition coefficient (Wildman–Crippen LogP) is 3.94. The molecule has 1 aliphatic carbocycles. The number of hydrogen-bond donors (Lipinski definition) is 0. The van der Waals surface area contributed by atoms with Crippen molar-refractivity contribution in [3.8, 4) is 0 Å². The summed E-state index contributed by atoms with van der Waals surface area (Å²) in [5.74, 6) is 0.353. The van der Waals surface area contributed by atoms with Gasteiger partial charge in [0, 0.05) is 12.0 Å². The second kappa shape index (κ2) is 5.29. The van der Waals surface area contributed by atoms with E-state index in [0.717, 1.165) is 37.7 Å². The Kier molecular flexibility index (Phi) is 3.76. The molecule has 0 amide bonds. The largest absolute Gasteiger partial charge is 0.294 e. The molecular formula is C15H20O. The summed E-state index contributed by atoms with van der Waals surface area (Å²) in [5, 5.41) is 0. The molecule has 1 aliphatic rings.